The normalized spacial score (nSPS) is 41.2. The number of rotatable bonds is 1. The van der Waals surface area contributed by atoms with Gasteiger partial charge in [0.1, 0.15) is 12.2 Å². The van der Waals surface area contributed by atoms with E-state index in [0.717, 1.165) is 0 Å². The van der Waals surface area contributed by atoms with Crippen LogP contribution in [0.25, 0.3) is 0 Å². The third-order valence-corrected chi connectivity index (χ3v) is 2.14. The second kappa shape index (κ2) is 3.24. The number of aliphatic hydroxyl groups excluding tert-OH is 2. The van der Waals surface area contributed by atoms with Gasteiger partial charge in [-0.05, 0) is 0 Å². The molecule has 0 radical (unpaired) electrons. The largest absolute Gasteiger partial charge is 0.394 e. The summed E-state index contributed by atoms with van der Waals surface area (Å²) < 4.78 is 30.8. The van der Waals surface area contributed by atoms with E-state index in [-0.39, 0.29) is 6.61 Å². The van der Waals surface area contributed by atoms with Gasteiger partial charge in [-0.15, -0.1) is 0 Å². The molecule has 2 N–H and O–H groups in total. The fourth-order valence-electron chi connectivity index (χ4n) is 1.16. The predicted octanol–water partition coefficient (Wildman–Crippen LogP) is 0.00980. The third kappa shape index (κ3) is 1.44. The zero-order chi connectivity index (χ0) is 9.35. The van der Waals surface area contributed by atoms with Crippen LogP contribution in [0.3, 0.4) is 0 Å². The number of halogens is 2. The molecule has 1 saturated heterocycles. The maximum Gasteiger partial charge on any atom is 0.280 e. The van der Waals surface area contributed by atoms with Gasteiger partial charge in [0.25, 0.3) is 5.92 Å². The molecule has 1 heterocycles. The van der Waals surface area contributed by atoms with Crippen molar-refractivity contribution >= 4 is 0 Å². The highest BCUT2D eigenvalue weighted by Gasteiger charge is 2.51. The molecule has 0 bridgehead atoms. The van der Waals surface area contributed by atoms with Crippen LogP contribution in [0, 0.1) is 5.92 Å². The van der Waals surface area contributed by atoms with Gasteiger partial charge in [-0.1, -0.05) is 6.92 Å². The van der Waals surface area contributed by atoms with Crippen molar-refractivity contribution in [2.24, 2.45) is 5.92 Å². The molecule has 1 unspecified atom stereocenters. The van der Waals surface area contributed by atoms with Crippen LogP contribution in [-0.4, -0.2) is 41.6 Å². The number of aliphatic hydroxyl groups is 2. The molecule has 1 aliphatic rings. The van der Waals surface area contributed by atoms with E-state index in [9.17, 15) is 8.78 Å². The zero-order valence-corrected chi connectivity index (χ0v) is 6.70. The highest BCUT2D eigenvalue weighted by atomic mass is 19.3. The molecule has 0 saturated carbocycles. The van der Waals surface area contributed by atoms with Crippen LogP contribution in [0.2, 0.25) is 0 Å². The van der Waals surface area contributed by atoms with Crippen molar-refractivity contribution < 1.29 is 23.7 Å². The standard InChI is InChI=1S/C7H12F2O3/c1-4-3-12-5(2-10)6(11)7(4,8)9/h4-6,10-11H,2-3H2,1H3/t4-,5-,6?/m1/s1. The van der Waals surface area contributed by atoms with Crippen molar-refractivity contribution in [2.45, 2.75) is 25.1 Å². The second-order valence-corrected chi connectivity index (χ2v) is 3.07. The lowest BCUT2D eigenvalue weighted by Gasteiger charge is -2.37. The first-order valence-electron chi connectivity index (χ1n) is 3.78. The Balaban J connectivity index is 2.71. The molecule has 0 spiro atoms. The van der Waals surface area contributed by atoms with Crippen LogP contribution in [0.5, 0.6) is 0 Å². The number of alkyl halides is 2. The molecule has 5 heteroatoms. The molecule has 1 rings (SSSR count). The van der Waals surface area contributed by atoms with E-state index in [4.69, 9.17) is 14.9 Å². The molecule has 3 nitrogen and oxygen atoms in total. The van der Waals surface area contributed by atoms with Gasteiger partial charge in [-0.25, -0.2) is 8.78 Å². The first-order valence-corrected chi connectivity index (χ1v) is 3.78. The van der Waals surface area contributed by atoms with Crippen molar-refractivity contribution in [3.63, 3.8) is 0 Å². The number of hydrogen-bond acceptors (Lipinski definition) is 3. The fraction of sp³-hybridized carbons (Fsp3) is 1.00. The van der Waals surface area contributed by atoms with E-state index in [1.165, 1.54) is 6.92 Å². The first kappa shape index (κ1) is 9.83. The molecule has 0 aromatic rings. The zero-order valence-electron chi connectivity index (χ0n) is 6.70. The second-order valence-electron chi connectivity index (χ2n) is 3.07. The van der Waals surface area contributed by atoms with Crippen LogP contribution in [0.1, 0.15) is 6.92 Å². The molecule has 0 aliphatic carbocycles. The molecule has 1 fully saturated rings. The summed E-state index contributed by atoms with van der Waals surface area (Å²) in [6.07, 6.45) is -3.05. The lowest BCUT2D eigenvalue weighted by Crippen LogP contribution is -2.55. The summed E-state index contributed by atoms with van der Waals surface area (Å²) in [5.41, 5.74) is 0. The Kier molecular flexibility index (Phi) is 2.65. The van der Waals surface area contributed by atoms with E-state index in [0.29, 0.717) is 0 Å². The summed E-state index contributed by atoms with van der Waals surface area (Å²) in [7, 11) is 0. The average molecular weight is 182 g/mol. The Bertz CT molecular complexity index is 163. The first-order chi connectivity index (χ1) is 5.50. The highest BCUT2D eigenvalue weighted by molar-refractivity contribution is 4.90. The smallest absolute Gasteiger partial charge is 0.280 e. The van der Waals surface area contributed by atoms with Gasteiger partial charge in [0.05, 0.1) is 13.2 Å². The van der Waals surface area contributed by atoms with Crippen molar-refractivity contribution in [3.05, 3.63) is 0 Å². The van der Waals surface area contributed by atoms with Gasteiger partial charge in [0.15, 0.2) is 0 Å². The van der Waals surface area contributed by atoms with Crippen LogP contribution in [0.15, 0.2) is 0 Å². The average Bonchev–Trinajstić information content (AvgIpc) is 2.02. The lowest BCUT2D eigenvalue weighted by atomic mass is 9.93. The molecule has 12 heavy (non-hydrogen) atoms. The van der Waals surface area contributed by atoms with E-state index >= 15 is 0 Å². The summed E-state index contributed by atoms with van der Waals surface area (Å²) in [5.74, 6) is -4.17. The summed E-state index contributed by atoms with van der Waals surface area (Å²) in [4.78, 5) is 0. The van der Waals surface area contributed by atoms with E-state index in [1.54, 1.807) is 0 Å². The van der Waals surface area contributed by atoms with Crippen LogP contribution in [-0.2, 0) is 4.74 Å². The Morgan fingerprint density at radius 3 is 2.67 bits per heavy atom. The maximum atomic E-state index is 13.0. The molecule has 3 atom stereocenters. The predicted molar refractivity (Wildman–Crippen MR) is 36.9 cm³/mol. The van der Waals surface area contributed by atoms with Crippen LogP contribution < -0.4 is 0 Å². The fourth-order valence-corrected chi connectivity index (χ4v) is 1.16. The quantitative estimate of drug-likeness (QED) is 0.600. The minimum atomic E-state index is -3.16. The number of ether oxygens (including phenoxy) is 1. The minimum absolute atomic E-state index is 0.130. The van der Waals surface area contributed by atoms with Gasteiger partial charge in [-0.3, -0.25) is 0 Å². The molecule has 0 amide bonds. The molecule has 1 aliphatic heterocycles. The minimum Gasteiger partial charge on any atom is -0.394 e. The highest BCUT2D eigenvalue weighted by Crippen LogP contribution is 2.34. The van der Waals surface area contributed by atoms with E-state index in [2.05, 4.69) is 0 Å². The van der Waals surface area contributed by atoms with Crippen molar-refractivity contribution in [3.8, 4) is 0 Å². The molecule has 72 valence electrons. The summed E-state index contributed by atoms with van der Waals surface area (Å²) in [6, 6.07) is 0. The van der Waals surface area contributed by atoms with Crippen molar-refractivity contribution in [1.82, 2.24) is 0 Å². The molecule has 0 aromatic heterocycles. The van der Waals surface area contributed by atoms with Gasteiger partial charge in [0.2, 0.25) is 0 Å². The van der Waals surface area contributed by atoms with Crippen molar-refractivity contribution in [2.75, 3.05) is 13.2 Å². The monoisotopic (exact) mass is 182 g/mol. The van der Waals surface area contributed by atoms with Gasteiger partial charge < -0.3 is 14.9 Å². The Hall–Kier alpha value is -0.260. The number of hydrogen-bond donors (Lipinski definition) is 2. The summed E-state index contributed by atoms with van der Waals surface area (Å²) in [5, 5.41) is 17.6. The van der Waals surface area contributed by atoms with E-state index < -0.39 is 30.7 Å². The summed E-state index contributed by atoms with van der Waals surface area (Å²) >= 11 is 0. The maximum absolute atomic E-state index is 13.0. The molecule has 0 aromatic carbocycles. The van der Waals surface area contributed by atoms with Gasteiger partial charge in [0, 0.05) is 5.92 Å². The SMILES string of the molecule is C[C@@H]1CO[C@H](CO)C(O)C1(F)F. The topological polar surface area (TPSA) is 49.7 Å². The van der Waals surface area contributed by atoms with Gasteiger partial charge >= 0.3 is 0 Å². The molecular formula is C7H12F2O3. The summed E-state index contributed by atoms with van der Waals surface area (Å²) in [6.45, 7) is 0.593. The van der Waals surface area contributed by atoms with Crippen LogP contribution in [0.4, 0.5) is 8.78 Å². The van der Waals surface area contributed by atoms with Gasteiger partial charge in [-0.2, -0.15) is 0 Å². The van der Waals surface area contributed by atoms with Crippen molar-refractivity contribution in [1.29, 1.82) is 0 Å². The van der Waals surface area contributed by atoms with Crippen LogP contribution >= 0.6 is 0 Å². The molecular weight excluding hydrogens is 170 g/mol. The third-order valence-electron chi connectivity index (χ3n) is 2.14. The Morgan fingerprint density at radius 1 is 1.58 bits per heavy atom. The van der Waals surface area contributed by atoms with E-state index in [1.807, 2.05) is 0 Å². The lowest BCUT2D eigenvalue weighted by molar-refractivity contribution is -0.245. The Labute approximate surface area is 69.0 Å². The Morgan fingerprint density at radius 2 is 2.17 bits per heavy atom.